The molecule has 0 bridgehead atoms. The lowest BCUT2D eigenvalue weighted by molar-refractivity contribution is -0.137. The van der Waals surface area contributed by atoms with Gasteiger partial charge < -0.3 is 15.7 Å². The number of carbonyl (C=O) groups excluding carboxylic acids is 1. The van der Waals surface area contributed by atoms with Gasteiger partial charge in [-0.25, -0.2) is 4.79 Å². The number of carboxylic acid groups (broad SMARTS) is 1. The molecule has 0 aromatic heterocycles. The highest BCUT2D eigenvalue weighted by atomic mass is 127. The molecule has 1 aromatic carbocycles. The molecule has 3 N–H and O–H groups in total. The van der Waals surface area contributed by atoms with Gasteiger partial charge in [-0.3, -0.25) is 4.79 Å². The van der Waals surface area contributed by atoms with Crippen LogP contribution in [-0.2, 0) is 4.79 Å². The van der Waals surface area contributed by atoms with Crippen LogP contribution in [0.3, 0.4) is 0 Å². The van der Waals surface area contributed by atoms with E-state index in [1.165, 1.54) is 0 Å². The standard InChI is InChI=1S/C13H17IN2O3/c1-3-10(7-12(17)18)15-13(19)16-11-6-9(14)5-4-8(11)2/h4-6,10H,3,7H2,1-2H3,(H,17,18)(H2,15,16,19). The van der Waals surface area contributed by atoms with E-state index >= 15 is 0 Å². The fourth-order valence-corrected chi connectivity index (χ4v) is 2.07. The Kier molecular flexibility index (Phi) is 6.07. The number of hydrogen-bond acceptors (Lipinski definition) is 2. The minimum atomic E-state index is -0.919. The van der Waals surface area contributed by atoms with Gasteiger partial charge in [0.25, 0.3) is 0 Å². The van der Waals surface area contributed by atoms with Crippen molar-refractivity contribution in [1.29, 1.82) is 0 Å². The molecule has 0 aliphatic rings. The number of amides is 2. The van der Waals surface area contributed by atoms with Gasteiger partial charge >= 0.3 is 12.0 Å². The SMILES string of the molecule is CCC(CC(=O)O)NC(=O)Nc1cc(I)ccc1C. The van der Waals surface area contributed by atoms with E-state index in [0.29, 0.717) is 6.42 Å². The summed E-state index contributed by atoms with van der Waals surface area (Å²) in [5.41, 5.74) is 1.69. The van der Waals surface area contributed by atoms with Crippen molar-refractivity contribution < 1.29 is 14.7 Å². The maximum Gasteiger partial charge on any atom is 0.319 e. The number of urea groups is 1. The molecular formula is C13H17IN2O3. The zero-order chi connectivity index (χ0) is 14.4. The Morgan fingerprint density at radius 3 is 2.68 bits per heavy atom. The molecule has 0 saturated heterocycles. The highest BCUT2D eigenvalue weighted by Crippen LogP contribution is 2.18. The molecule has 0 aliphatic heterocycles. The van der Waals surface area contributed by atoms with Crippen molar-refractivity contribution in [3.05, 3.63) is 27.3 Å². The van der Waals surface area contributed by atoms with Crippen molar-refractivity contribution in [2.75, 3.05) is 5.32 Å². The summed E-state index contributed by atoms with van der Waals surface area (Å²) in [7, 11) is 0. The lowest BCUT2D eigenvalue weighted by atomic mass is 10.1. The Labute approximate surface area is 125 Å². The smallest absolute Gasteiger partial charge is 0.319 e. The molecule has 104 valence electrons. The minimum Gasteiger partial charge on any atom is -0.481 e. The van der Waals surface area contributed by atoms with E-state index in [0.717, 1.165) is 14.8 Å². The van der Waals surface area contributed by atoms with Crippen LogP contribution in [0.1, 0.15) is 25.3 Å². The summed E-state index contributed by atoms with van der Waals surface area (Å²) in [6.45, 7) is 3.74. The Hall–Kier alpha value is -1.31. The van der Waals surface area contributed by atoms with Crippen LogP contribution in [-0.4, -0.2) is 23.1 Å². The zero-order valence-electron chi connectivity index (χ0n) is 10.9. The maximum atomic E-state index is 11.8. The molecule has 0 radical (unpaired) electrons. The van der Waals surface area contributed by atoms with Crippen molar-refractivity contribution >= 4 is 40.3 Å². The molecule has 1 rings (SSSR count). The van der Waals surface area contributed by atoms with E-state index < -0.39 is 5.97 Å². The summed E-state index contributed by atoms with van der Waals surface area (Å²) in [6, 6.07) is 5.01. The first-order chi connectivity index (χ1) is 8.92. The maximum absolute atomic E-state index is 11.8. The molecule has 0 heterocycles. The topological polar surface area (TPSA) is 78.4 Å². The number of halogens is 1. The van der Waals surface area contributed by atoms with Gasteiger partial charge in [-0.15, -0.1) is 0 Å². The van der Waals surface area contributed by atoms with Crippen LogP contribution in [0.4, 0.5) is 10.5 Å². The number of hydrogen-bond donors (Lipinski definition) is 3. The van der Waals surface area contributed by atoms with Gasteiger partial charge in [-0.2, -0.15) is 0 Å². The third-order valence-corrected chi connectivity index (χ3v) is 3.37. The number of benzene rings is 1. The lowest BCUT2D eigenvalue weighted by Crippen LogP contribution is -2.39. The van der Waals surface area contributed by atoms with Gasteiger partial charge in [-0.1, -0.05) is 13.0 Å². The highest BCUT2D eigenvalue weighted by Gasteiger charge is 2.14. The number of aryl methyl sites for hydroxylation is 1. The first kappa shape index (κ1) is 15.7. The summed E-state index contributed by atoms with van der Waals surface area (Å²) in [4.78, 5) is 22.4. The van der Waals surface area contributed by atoms with Crippen molar-refractivity contribution in [3.63, 3.8) is 0 Å². The van der Waals surface area contributed by atoms with Gasteiger partial charge in [0.05, 0.1) is 6.42 Å². The largest absolute Gasteiger partial charge is 0.481 e. The van der Waals surface area contributed by atoms with Crippen LogP contribution in [0.2, 0.25) is 0 Å². The van der Waals surface area contributed by atoms with Gasteiger partial charge in [0.15, 0.2) is 0 Å². The van der Waals surface area contributed by atoms with Gasteiger partial charge in [0, 0.05) is 15.3 Å². The minimum absolute atomic E-state index is 0.0742. The summed E-state index contributed by atoms with van der Waals surface area (Å²) in [5.74, 6) is -0.919. The van der Waals surface area contributed by atoms with Crippen molar-refractivity contribution in [3.8, 4) is 0 Å². The number of nitrogens with one attached hydrogen (secondary N) is 2. The Morgan fingerprint density at radius 2 is 2.11 bits per heavy atom. The highest BCUT2D eigenvalue weighted by molar-refractivity contribution is 14.1. The zero-order valence-corrected chi connectivity index (χ0v) is 13.0. The Bertz CT molecular complexity index is 477. The van der Waals surface area contributed by atoms with Crippen LogP contribution >= 0.6 is 22.6 Å². The predicted molar refractivity (Wildman–Crippen MR) is 82.4 cm³/mol. The van der Waals surface area contributed by atoms with E-state index in [-0.39, 0.29) is 18.5 Å². The molecule has 6 heteroatoms. The van der Waals surface area contributed by atoms with Crippen LogP contribution in [0.5, 0.6) is 0 Å². The van der Waals surface area contributed by atoms with E-state index in [2.05, 4.69) is 33.2 Å². The Balaban J connectivity index is 2.63. The summed E-state index contributed by atoms with van der Waals surface area (Å²) in [5, 5.41) is 14.1. The third-order valence-electron chi connectivity index (χ3n) is 2.70. The number of anilines is 1. The quantitative estimate of drug-likeness (QED) is 0.692. The van der Waals surface area contributed by atoms with Gasteiger partial charge in [0.1, 0.15) is 0 Å². The van der Waals surface area contributed by atoms with Crippen LogP contribution in [0.25, 0.3) is 0 Å². The third kappa shape index (κ3) is 5.46. The predicted octanol–water partition coefficient (Wildman–Crippen LogP) is 2.97. The second kappa shape index (κ2) is 7.32. The molecular weight excluding hydrogens is 359 g/mol. The van der Waals surface area contributed by atoms with Crippen LogP contribution < -0.4 is 10.6 Å². The molecule has 0 fully saturated rings. The molecule has 19 heavy (non-hydrogen) atoms. The van der Waals surface area contributed by atoms with Crippen molar-refractivity contribution in [2.24, 2.45) is 0 Å². The number of carboxylic acids is 1. The second-order valence-electron chi connectivity index (χ2n) is 4.26. The van der Waals surface area contributed by atoms with E-state index in [4.69, 9.17) is 5.11 Å². The number of rotatable bonds is 5. The molecule has 0 aliphatic carbocycles. The van der Waals surface area contributed by atoms with E-state index in [1.807, 2.05) is 32.0 Å². The number of aliphatic carboxylic acids is 1. The second-order valence-corrected chi connectivity index (χ2v) is 5.51. The fraction of sp³-hybridized carbons (Fsp3) is 0.385. The normalized spacial score (nSPS) is 11.7. The van der Waals surface area contributed by atoms with Crippen LogP contribution in [0, 0.1) is 10.5 Å². The van der Waals surface area contributed by atoms with Crippen molar-refractivity contribution in [1.82, 2.24) is 5.32 Å². The molecule has 2 amide bonds. The molecule has 0 spiro atoms. The van der Waals surface area contributed by atoms with Crippen molar-refractivity contribution in [2.45, 2.75) is 32.7 Å². The van der Waals surface area contributed by atoms with Gasteiger partial charge in [-0.05, 0) is 53.6 Å². The van der Waals surface area contributed by atoms with Crippen LogP contribution in [0.15, 0.2) is 18.2 Å². The summed E-state index contributed by atoms with van der Waals surface area (Å²) in [6.07, 6.45) is 0.500. The molecule has 0 saturated carbocycles. The van der Waals surface area contributed by atoms with Gasteiger partial charge in [0.2, 0.25) is 0 Å². The number of carbonyl (C=O) groups is 2. The average Bonchev–Trinajstić information content (AvgIpc) is 2.32. The van der Waals surface area contributed by atoms with E-state index in [9.17, 15) is 9.59 Å². The monoisotopic (exact) mass is 376 g/mol. The fourth-order valence-electron chi connectivity index (χ4n) is 1.58. The Morgan fingerprint density at radius 1 is 1.42 bits per heavy atom. The van der Waals surface area contributed by atoms with E-state index in [1.54, 1.807) is 0 Å². The lowest BCUT2D eigenvalue weighted by Gasteiger charge is -2.16. The molecule has 1 atom stereocenters. The first-order valence-electron chi connectivity index (χ1n) is 5.97. The molecule has 1 aromatic rings. The average molecular weight is 376 g/mol. The first-order valence-corrected chi connectivity index (χ1v) is 7.05. The molecule has 1 unspecified atom stereocenters. The summed E-state index contributed by atoms with van der Waals surface area (Å²) < 4.78 is 1.02. The summed E-state index contributed by atoms with van der Waals surface area (Å²) >= 11 is 2.17. The molecule has 5 nitrogen and oxygen atoms in total.